The summed E-state index contributed by atoms with van der Waals surface area (Å²) in [6, 6.07) is 1.23. The molecule has 2 heteroatoms. The van der Waals surface area contributed by atoms with Crippen molar-refractivity contribution in [3.8, 4) is 0 Å². The van der Waals surface area contributed by atoms with Crippen LogP contribution in [0.15, 0.2) is 0 Å². The van der Waals surface area contributed by atoms with E-state index in [0.717, 1.165) is 13.1 Å². The average Bonchev–Trinajstić information content (AvgIpc) is 2.11. The molecule has 0 aromatic carbocycles. The molecule has 0 heterocycles. The molecule has 0 aliphatic carbocycles. The van der Waals surface area contributed by atoms with Gasteiger partial charge >= 0.3 is 0 Å². The molecule has 0 saturated heterocycles. The van der Waals surface area contributed by atoms with E-state index in [2.05, 4.69) is 58.7 Å². The van der Waals surface area contributed by atoms with Crippen molar-refractivity contribution in [2.75, 3.05) is 19.6 Å². The molecule has 92 valence electrons. The monoisotopic (exact) mass is 214 g/mol. The summed E-state index contributed by atoms with van der Waals surface area (Å²) >= 11 is 0. The first-order valence-electron chi connectivity index (χ1n) is 6.26. The van der Waals surface area contributed by atoms with E-state index in [1.807, 2.05) is 0 Å². The summed E-state index contributed by atoms with van der Waals surface area (Å²) in [4.78, 5) is 2.53. The Kier molecular flexibility index (Phi) is 6.46. The molecular formula is C13H30N2. The van der Waals surface area contributed by atoms with Gasteiger partial charge < -0.3 is 10.2 Å². The van der Waals surface area contributed by atoms with Crippen molar-refractivity contribution in [3.05, 3.63) is 0 Å². The topological polar surface area (TPSA) is 15.3 Å². The van der Waals surface area contributed by atoms with Gasteiger partial charge in [-0.1, -0.05) is 34.6 Å². The number of nitrogens with one attached hydrogen (secondary N) is 1. The molecule has 0 radical (unpaired) electrons. The lowest BCUT2D eigenvalue weighted by Crippen LogP contribution is -2.44. The molecule has 0 aromatic rings. The van der Waals surface area contributed by atoms with E-state index in [1.165, 1.54) is 6.54 Å². The maximum atomic E-state index is 3.53. The van der Waals surface area contributed by atoms with Crippen LogP contribution in [0.3, 0.4) is 0 Å². The van der Waals surface area contributed by atoms with E-state index in [0.29, 0.717) is 17.5 Å². The molecule has 0 unspecified atom stereocenters. The van der Waals surface area contributed by atoms with Crippen LogP contribution in [0.25, 0.3) is 0 Å². The summed E-state index contributed by atoms with van der Waals surface area (Å²) in [5.74, 6) is 0. The van der Waals surface area contributed by atoms with Gasteiger partial charge in [0, 0.05) is 25.2 Å². The maximum absolute atomic E-state index is 3.53. The number of nitrogens with zero attached hydrogens (tertiary/aromatic N) is 1. The molecular weight excluding hydrogens is 184 g/mol. The molecule has 0 saturated carbocycles. The largest absolute Gasteiger partial charge is 0.314 e. The van der Waals surface area contributed by atoms with Crippen molar-refractivity contribution in [1.29, 1.82) is 0 Å². The van der Waals surface area contributed by atoms with E-state index in [9.17, 15) is 0 Å². The van der Waals surface area contributed by atoms with E-state index >= 15 is 0 Å². The Balaban J connectivity index is 4.09. The van der Waals surface area contributed by atoms with Crippen LogP contribution in [0.4, 0.5) is 0 Å². The molecule has 15 heavy (non-hydrogen) atoms. The number of hydrogen-bond donors (Lipinski definition) is 1. The molecule has 1 N–H and O–H groups in total. The smallest absolute Gasteiger partial charge is 0.00474 e. The Morgan fingerprint density at radius 1 is 1.13 bits per heavy atom. The molecule has 0 aliphatic rings. The fourth-order valence-corrected chi connectivity index (χ4v) is 1.75. The second-order valence-electron chi connectivity index (χ2n) is 5.86. The van der Waals surface area contributed by atoms with Crippen LogP contribution in [0, 0.1) is 5.41 Å². The lowest BCUT2D eigenvalue weighted by molar-refractivity contribution is 0.147. The van der Waals surface area contributed by atoms with E-state index in [-0.39, 0.29) is 0 Å². The molecule has 0 rings (SSSR count). The van der Waals surface area contributed by atoms with Gasteiger partial charge in [-0.2, -0.15) is 0 Å². The summed E-state index contributed by atoms with van der Waals surface area (Å²) in [5.41, 5.74) is 0.352. The van der Waals surface area contributed by atoms with Crippen LogP contribution >= 0.6 is 0 Å². The van der Waals surface area contributed by atoms with Gasteiger partial charge in [-0.25, -0.2) is 0 Å². The van der Waals surface area contributed by atoms with Gasteiger partial charge in [0.2, 0.25) is 0 Å². The summed E-state index contributed by atoms with van der Waals surface area (Å²) in [6.07, 6.45) is 0. The Bertz CT molecular complexity index is 162. The summed E-state index contributed by atoms with van der Waals surface area (Å²) in [5, 5.41) is 3.53. The highest BCUT2D eigenvalue weighted by Gasteiger charge is 2.22. The third-order valence-electron chi connectivity index (χ3n) is 2.76. The second-order valence-corrected chi connectivity index (χ2v) is 5.86. The molecule has 0 bridgehead atoms. The van der Waals surface area contributed by atoms with Crippen molar-refractivity contribution in [1.82, 2.24) is 10.2 Å². The highest BCUT2D eigenvalue weighted by Crippen LogP contribution is 2.17. The lowest BCUT2D eigenvalue weighted by atomic mass is 9.92. The van der Waals surface area contributed by atoms with E-state index in [1.54, 1.807) is 0 Å². The van der Waals surface area contributed by atoms with Crippen LogP contribution in [0.5, 0.6) is 0 Å². The van der Waals surface area contributed by atoms with E-state index in [4.69, 9.17) is 0 Å². The van der Waals surface area contributed by atoms with Crippen molar-refractivity contribution in [2.45, 2.75) is 60.5 Å². The Morgan fingerprint density at radius 2 is 1.67 bits per heavy atom. The molecule has 0 atom stereocenters. The third-order valence-corrected chi connectivity index (χ3v) is 2.76. The van der Waals surface area contributed by atoms with Crippen LogP contribution in [0.2, 0.25) is 0 Å². The predicted octanol–water partition coefficient (Wildman–Crippen LogP) is 2.74. The zero-order valence-electron chi connectivity index (χ0n) is 11.7. The van der Waals surface area contributed by atoms with Crippen molar-refractivity contribution in [2.24, 2.45) is 5.41 Å². The summed E-state index contributed by atoms with van der Waals surface area (Å²) in [7, 11) is 0. The maximum Gasteiger partial charge on any atom is 0.00474 e. The third kappa shape index (κ3) is 6.91. The molecule has 0 amide bonds. The Hall–Kier alpha value is -0.0800. The van der Waals surface area contributed by atoms with Crippen LogP contribution in [-0.4, -0.2) is 36.6 Å². The van der Waals surface area contributed by atoms with E-state index < -0.39 is 0 Å². The predicted molar refractivity (Wildman–Crippen MR) is 69.3 cm³/mol. The highest BCUT2D eigenvalue weighted by molar-refractivity contribution is 4.78. The minimum atomic E-state index is 0.352. The van der Waals surface area contributed by atoms with Gasteiger partial charge in [-0.15, -0.1) is 0 Å². The van der Waals surface area contributed by atoms with Crippen molar-refractivity contribution >= 4 is 0 Å². The van der Waals surface area contributed by atoms with Gasteiger partial charge in [0.15, 0.2) is 0 Å². The summed E-state index contributed by atoms with van der Waals surface area (Å²) in [6.45, 7) is 19.3. The highest BCUT2D eigenvalue weighted by atomic mass is 15.1. The van der Waals surface area contributed by atoms with Crippen LogP contribution < -0.4 is 5.32 Å². The van der Waals surface area contributed by atoms with Gasteiger partial charge in [0.1, 0.15) is 0 Å². The average molecular weight is 214 g/mol. The van der Waals surface area contributed by atoms with Gasteiger partial charge in [0.05, 0.1) is 0 Å². The Labute approximate surface area is 96.4 Å². The zero-order valence-corrected chi connectivity index (χ0v) is 11.7. The lowest BCUT2D eigenvalue weighted by Gasteiger charge is -2.35. The molecule has 0 aliphatic heterocycles. The first-order chi connectivity index (χ1) is 6.78. The fraction of sp³-hybridized carbons (Fsp3) is 1.00. The first-order valence-corrected chi connectivity index (χ1v) is 6.26. The molecule has 0 spiro atoms. The van der Waals surface area contributed by atoms with Crippen molar-refractivity contribution in [3.63, 3.8) is 0 Å². The molecule has 0 fully saturated rings. The van der Waals surface area contributed by atoms with Gasteiger partial charge in [0.25, 0.3) is 0 Å². The van der Waals surface area contributed by atoms with Crippen LogP contribution in [0.1, 0.15) is 48.5 Å². The molecule has 2 nitrogen and oxygen atoms in total. The minimum absolute atomic E-state index is 0.352. The fourth-order valence-electron chi connectivity index (χ4n) is 1.75. The SMILES string of the molecule is CCN(CC(C)(C)CNC(C)C)C(C)C. The molecule has 0 aromatic heterocycles. The first kappa shape index (κ1) is 14.9. The minimum Gasteiger partial charge on any atom is -0.314 e. The quantitative estimate of drug-likeness (QED) is 0.701. The van der Waals surface area contributed by atoms with Crippen LogP contribution in [-0.2, 0) is 0 Å². The van der Waals surface area contributed by atoms with Gasteiger partial charge in [-0.3, -0.25) is 0 Å². The zero-order chi connectivity index (χ0) is 12.1. The van der Waals surface area contributed by atoms with Crippen molar-refractivity contribution < 1.29 is 0 Å². The number of rotatable bonds is 7. The summed E-state index contributed by atoms with van der Waals surface area (Å²) < 4.78 is 0. The standard InChI is InChI=1S/C13H30N2/c1-8-15(12(4)5)10-13(6,7)9-14-11(2)3/h11-12,14H,8-10H2,1-7H3. The van der Waals surface area contributed by atoms with Gasteiger partial charge in [-0.05, 0) is 25.8 Å². The normalized spacial score (nSPS) is 13.2. The second kappa shape index (κ2) is 6.49. The Morgan fingerprint density at radius 3 is 2.00 bits per heavy atom. The number of hydrogen-bond acceptors (Lipinski definition) is 2.